The lowest BCUT2D eigenvalue weighted by Crippen LogP contribution is -2.55. The van der Waals surface area contributed by atoms with E-state index in [1.165, 1.54) is 12.8 Å². The molecule has 0 radical (unpaired) electrons. The summed E-state index contributed by atoms with van der Waals surface area (Å²) in [5, 5.41) is 2.00. The van der Waals surface area contributed by atoms with Crippen molar-refractivity contribution in [1.29, 1.82) is 0 Å². The molecule has 2 aromatic heterocycles. The maximum Gasteiger partial charge on any atom is 0.236 e. The minimum Gasteiger partial charge on any atom is -0.440 e. The number of thiophene rings is 1. The zero-order chi connectivity index (χ0) is 16.5. The Morgan fingerprint density at radius 1 is 1.42 bits per heavy atom. The van der Waals surface area contributed by atoms with Crippen LogP contribution < -0.4 is 0 Å². The van der Waals surface area contributed by atoms with E-state index in [-0.39, 0.29) is 18.1 Å². The summed E-state index contributed by atoms with van der Waals surface area (Å²) in [6.07, 6.45) is 5.03. The number of hydrogen-bond acceptors (Lipinski definition) is 5. The minimum absolute atomic E-state index is 0.143. The largest absolute Gasteiger partial charge is 0.440 e. The number of oxazole rings is 1. The van der Waals surface area contributed by atoms with Gasteiger partial charge in [0.05, 0.1) is 35.7 Å². The Hall–Kier alpha value is -1.66. The van der Waals surface area contributed by atoms with Crippen molar-refractivity contribution in [1.82, 2.24) is 9.88 Å². The third-order valence-corrected chi connectivity index (χ3v) is 5.85. The van der Waals surface area contributed by atoms with E-state index < -0.39 is 0 Å². The zero-order valence-electron chi connectivity index (χ0n) is 13.9. The molecule has 0 aromatic carbocycles. The van der Waals surface area contributed by atoms with Crippen LogP contribution in [0.25, 0.3) is 10.8 Å². The summed E-state index contributed by atoms with van der Waals surface area (Å²) in [6, 6.07) is 4.20. The molecule has 1 saturated heterocycles. The van der Waals surface area contributed by atoms with E-state index in [1.54, 1.807) is 11.3 Å². The first-order chi connectivity index (χ1) is 11.7. The molecule has 0 N–H and O–H groups in total. The van der Waals surface area contributed by atoms with Crippen molar-refractivity contribution >= 4 is 17.2 Å². The Morgan fingerprint density at radius 2 is 2.29 bits per heavy atom. The van der Waals surface area contributed by atoms with Gasteiger partial charge < -0.3 is 14.1 Å². The summed E-state index contributed by atoms with van der Waals surface area (Å²) in [5.41, 5.74) is 0.752. The molecule has 3 heterocycles. The van der Waals surface area contributed by atoms with Crippen LogP contribution in [0.4, 0.5) is 0 Å². The summed E-state index contributed by atoms with van der Waals surface area (Å²) >= 11 is 1.59. The second-order valence-electron chi connectivity index (χ2n) is 6.52. The van der Waals surface area contributed by atoms with Crippen LogP contribution >= 0.6 is 11.3 Å². The van der Waals surface area contributed by atoms with Gasteiger partial charge in [0.2, 0.25) is 11.8 Å². The van der Waals surface area contributed by atoms with Crippen molar-refractivity contribution in [2.24, 2.45) is 0 Å². The minimum atomic E-state index is 0.143. The Morgan fingerprint density at radius 3 is 3.12 bits per heavy atom. The third-order valence-electron chi connectivity index (χ3n) is 5.00. The molecule has 0 bridgehead atoms. The van der Waals surface area contributed by atoms with Gasteiger partial charge >= 0.3 is 0 Å². The third kappa shape index (κ3) is 3.00. The molecule has 1 saturated carbocycles. The number of hydrogen-bond donors (Lipinski definition) is 0. The van der Waals surface area contributed by atoms with Gasteiger partial charge in [-0.25, -0.2) is 4.98 Å². The normalized spacial score (nSPS) is 24.0. The van der Waals surface area contributed by atoms with Crippen LogP contribution in [0.5, 0.6) is 0 Å². The molecule has 0 unspecified atom stereocenters. The molecule has 24 heavy (non-hydrogen) atoms. The van der Waals surface area contributed by atoms with Crippen LogP contribution in [0.1, 0.15) is 37.1 Å². The number of ether oxygens (including phenoxy) is 1. The molecular formula is C18H22N2O3S. The van der Waals surface area contributed by atoms with Gasteiger partial charge in [0.1, 0.15) is 5.76 Å². The van der Waals surface area contributed by atoms with Gasteiger partial charge in [-0.2, -0.15) is 0 Å². The van der Waals surface area contributed by atoms with Gasteiger partial charge in [-0.15, -0.1) is 11.3 Å². The highest BCUT2D eigenvalue weighted by Gasteiger charge is 2.36. The lowest BCUT2D eigenvalue weighted by atomic mass is 9.90. The molecule has 2 aromatic rings. The molecule has 5 nitrogen and oxygen atoms in total. The zero-order valence-corrected chi connectivity index (χ0v) is 14.7. The first-order valence-electron chi connectivity index (χ1n) is 8.63. The lowest BCUT2D eigenvalue weighted by Gasteiger charge is -2.43. The van der Waals surface area contributed by atoms with Gasteiger partial charge in [0.15, 0.2) is 0 Å². The number of aromatic nitrogens is 1. The maximum absolute atomic E-state index is 12.9. The first kappa shape index (κ1) is 15.8. The summed E-state index contributed by atoms with van der Waals surface area (Å²) in [4.78, 5) is 20.4. The van der Waals surface area contributed by atoms with Crippen molar-refractivity contribution in [3.8, 4) is 10.8 Å². The molecule has 1 amide bonds. The molecule has 2 aliphatic rings. The molecule has 2 fully saturated rings. The first-order valence-corrected chi connectivity index (χ1v) is 9.51. The molecule has 1 aliphatic carbocycles. The number of aryl methyl sites for hydroxylation is 1. The molecule has 6 heteroatoms. The quantitative estimate of drug-likeness (QED) is 0.854. The SMILES string of the molecule is Cc1oc(-c2cccs2)nc1CC(=O)N1CCO[C@H]2CCCC[C@H]21. The molecule has 0 spiro atoms. The fourth-order valence-corrected chi connectivity index (χ4v) is 4.40. The van der Waals surface area contributed by atoms with E-state index >= 15 is 0 Å². The second-order valence-corrected chi connectivity index (χ2v) is 7.47. The van der Waals surface area contributed by atoms with Crippen LogP contribution in [0, 0.1) is 6.92 Å². The summed E-state index contributed by atoms with van der Waals surface area (Å²) in [6.45, 7) is 3.22. The smallest absolute Gasteiger partial charge is 0.236 e. The van der Waals surface area contributed by atoms with Crippen molar-refractivity contribution in [3.05, 3.63) is 29.0 Å². The maximum atomic E-state index is 12.9. The van der Waals surface area contributed by atoms with Crippen molar-refractivity contribution in [2.45, 2.75) is 51.2 Å². The Kier molecular flexibility index (Phi) is 4.41. The predicted molar refractivity (Wildman–Crippen MR) is 92.0 cm³/mol. The van der Waals surface area contributed by atoms with E-state index in [2.05, 4.69) is 4.98 Å². The summed E-state index contributed by atoms with van der Waals surface area (Å²) in [5.74, 6) is 1.49. The van der Waals surface area contributed by atoms with E-state index in [1.807, 2.05) is 29.3 Å². The van der Waals surface area contributed by atoms with Crippen molar-refractivity contribution < 1.29 is 13.9 Å². The van der Waals surface area contributed by atoms with Gasteiger partial charge in [-0.3, -0.25) is 4.79 Å². The van der Waals surface area contributed by atoms with Gasteiger partial charge in [0.25, 0.3) is 0 Å². The summed E-state index contributed by atoms with van der Waals surface area (Å²) < 4.78 is 11.6. The monoisotopic (exact) mass is 346 g/mol. The van der Waals surface area contributed by atoms with E-state index in [9.17, 15) is 4.79 Å². The van der Waals surface area contributed by atoms with Crippen molar-refractivity contribution in [3.63, 3.8) is 0 Å². The van der Waals surface area contributed by atoms with E-state index in [4.69, 9.17) is 9.15 Å². The molecule has 4 rings (SSSR count). The van der Waals surface area contributed by atoms with Crippen LogP contribution in [0.3, 0.4) is 0 Å². The van der Waals surface area contributed by atoms with Crippen LogP contribution in [0.2, 0.25) is 0 Å². The Balaban J connectivity index is 1.49. The number of fused-ring (bicyclic) bond motifs is 1. The average Bonchev–Trinajstić information content (AvgIpc) is 3.25. The standard InChI is InChI=1S/C18H22N2O3S/c1-12-13(19-18(23-12)16-7-4-10-24-16)11-17(21)20-8-9-22-15-6-3-2-5-14(15)20/h4,7,10,14-15H,2-3,5-6,8-9,11H2,1H3/t14-,15+/m1/s1. The number of carbonyl (C=O) groups is 1. The van der Waals surface area contributed by atoms with E-state index in [0.29, 0.717) is 25.5 Å². The second kappa shape index (κ2) is 6.69. The average molecular weight is 346 g/mol. The number of amides is 1. The number of rotatable bonds is 3. The number of morpholine rings is 1. The van der Waals surface area contributed by atoms with Gasteiger partial charge in [-0.05, 0) is 31.2 Å². The topological polar surface area (TPSA) is 55.6 Å². The van der Waals surface area contributed by atoms with Crippen LogP contribution in [-0.2, 0) is 16.0 Å². The van der Waals surface area contributed by atoms with E-state index in [0.717, 1.165) is 29.2 Å². The molecule has 1 aliphatic heterocycles. The van der Waals surface area contributed by atoms with Crippen LogP contribution in [0.15, 0.2) is 21.9 Å². The Labute approximate surface area is 145 Å². The highest BCUT2D eigenvalue weighted by atomic mass is 32.1. The van der Waals surface area contributed by atoms with Gasteiger partial charge in [0, 0.05) is 6.54 Å². The number of carbonyl (C=O) groups excluding carboxylic acids is 1. The summed E-state index contributed by atoms with van der Waals surface area (Å²) in [7, 11) is 0. The molecular weight excluding hydrogens is 324 g/mol. The highest BCUT2D eigenvalue weighted by molar-refractivity contribution is 7.13. The van der Waals surface area contributed by atoms with Crippen LogP contribution in [-0.4, -0.2) is 41.1 Å². The molecule has 128 valence electrons. The number of nitrogens with zero attached hydrogens (tertiary/aromatic N) is 2. The lowest BCUT2D eigenvalue weighted by molar-refractivity contribution is -0.148. The fraction of sp³-hybridized carbons (Fsp3) is 0.556. The molecule has 2 atom stereocenters. The highest BCUT2D eigenvalue weighted by Crippen LogP contribution is 2.30. The van der Waals surface area contributed by atoms with Gasteiger partial charge in [-0.1, -0.05) is 18.9 Å². The Bertz CT molecular complexity index is 708. The fourth-order valence-electron chi connectivity index (χ4n) is 3.75. The van der Waals surface area contributed by atoms with Crippen molar-refractivity contribution in [2.75, 3.05) is 13.2 Å². The predicted octanol–water partition coefficient (Wildman–Crippen LogP) is 3.42.